The van der Waals surface area contributed by atoms with Crippen LogP contribution in [0.25, 0.3) is 11.2 Å². The zero-order valence-electron chi connectivity index (χ0n) is 15.3. The quantitative estimate of drug-likeness (QED) is 0.500. The monoisotopic (exact) mass is 392 g/mol. The lowest BCUT2D eigenvalue weighted by Crippen LogP contribution is -2.04. The van der Waals surface area contributed by atoms with Crippen molar-refractivity contribution >= 4 is 45.9 Å². The number of nitrogens with zero attached hydrogens (tertiary/aromatic N) is 4. The summed E-state index contributed by atoms with van der Waals surface area (Å²) >= 11 is 6.06. The van der Waals surface area contributed by atoms with E-state index >= 15 is 0 Å². The number of hydrogen-bond donors (Lipinski definition) is 2. The molecule has 4 rings (SSSR count). The lowest BCUT2D eigenvalue weighted by Gasteiger charge is -2.12. The highest BCUT2D eigenvalue weighted by Gasteiger charge is 2.12. The molecule has 0 saturated heterocycles. The summed E-state index contributed by atoms with van der Waals surface area (Å²) in [5.74, 6) is 1.74. The van der Waals surface area contributed by atoms with Crippen LogP contribution in [0, 0.1) is 6.92 Å². The second-order valence-corrected chi connectivity index (χ2v) is 6.50. The summed E-state index contributed by atoms with van der Waals surface area (Å²) in [6.07, 6.45) is 3.21. The van der Waals surface area contributed by atoms with Crippen LogP contribution in [0.1, 0.15) is 5.56 Å². The van der Waals surface area contributed by atoms with Gasteiger partial charge >= 0.3 is 0 Å². The number of ether oxygens (including phenoxy) is 1. The molecule has 0 unspecified atom stereocenters. The van der Waals surface area contributed by atoms with Gasteiger partial charge in [-0.05, 0) is 55.0 Å². The number of nitrogens with one attached hydrogen (secondary N) is 2. The van der Waals surface area contributed by atoms with Crippen molar-refractivity contribution in [3.63, 3.8) is 0 Å². The molecule has 2 aromatic heterocycles. The van der Waals surface area contributed by atoms with Crippen LogP contribution in [0.4, 0.5) is 23.1 Å². The minimum absolute atomic E-state index is 0.410. The number of methoxy groups -OCH3 is 1. The van der Waals surface area contributed by atoms with E-state index in [-0.39, 0.29) is 0 Å². The first-order chi connectivity index (χ1) is 13.6. The number of rotatable bonds is 5. The van der Waals surface area contributed by atoms with Gasteiger partial charge in [-0.1, -0.05) is 11.6 Å². The van der Waals surface area contributed by atoms with Crippen LogP contribution in [0.2, 0.25) is 5.02 Å². The Morgan fingerprint density at radius 1 is 0.929 bits per heavy atom. The van der Waals surface area contributed by atoms with E-state index in [1.165, 1.54) is 0 Å². The lowest BCUT2D eigenvalue weighted by atomic mass is 10.2. The SMILES string of the molecule is COc1ccc(Nc2nc(Nc3ccc(Cl)cc3C)c3nccnc3n2)cc1. The largest absolute Gasteiger partial charge is 0.497 e. The van der Waals surface area contributed by atoms with Gasteiger partial charge < -0.3 is 15.4 Å². The molecule has 28 heavy (non-hydrogen) atoms. The van der Waals surface area contributed by atoms with Crippen LogP contribution >= 0.6 is 11.6 Å². The Kier molecular flexibility index (Phi) is 4.90. The van der Waals surface area contributed by atoms with Gasteiger partial charge in [0.05, 0.1) is 7.11 Å². The van der Waals surface area contributed by atoms with E-state index in [9.17, 15) is 0 Å². The Hall–Kier alpha value is -3.45. The van der Waals surface area contributed by atoms with Gasteiger partial charge in [0.15, 0.2) is 17.0 Å². The summed E-state index contributed by atoms with van der Waals surface area (Å²) in [5, 5.41) is 7.18. The zero-order valence-corrected chi connectivity index (χ0v) is 16.0. The number of aromatic nitrogens is 4. The third-order valence-electron chi connectivity index (χ3n) is 4.12. The Labute approximate surface area is 166 Å². The molecule has 0 fully saturated rings. The standard InChI is InChI=1S/C20H17ClN6O/c1-12-11-13(21)3-8-16(12)25-19-17-18(23-10-9-22-17)26-20(27-19)24-14-4-6-15(28-2)7-5-14/h3-11H,1-2H3,(H2,23,24,25,26,27). The van der Waals surface area contributed by atoms with Crippen LogP contribution in [0.3, 0.4) is 0 Å². The first-order valence-electron chi connectivity index (χ1n) is 8.55. The van der Waals surface area contributed by atoms with E-state index in [1.54, 1.807) is 19.5 Å². The minimum Gasteiger partial charge on any atom is -0.497 e. The lowest BCUT2D eigenvalue weighted by molar-refractivity contribution is 0.415. The molecule has 8 heteroatoms. The molecular formula is C20H17ClN6O. The average molecular weight is 393 g/mol. The number of anilines is 4. The molecule has 0 spiro atoms. The predicted molar refractivity (Wildman–Crippen MR) is 111 cm³/mol. The van der Waals surface area contributed by atoms with Gasteiger partial charge in [0.1, 0.15) is 5.75 Å². The van der Waals surface area contributed by atoms with Crippen molar-refractivity contribution in [2.24, 2.45) is 0 Å². The fraction of sp³-hybridized carbons (Fsp3) is 0.100. The molecule has 2 heterocycles. The average Bonchev–Trinajstić information content (AvgIpc) is 2.70. The number of hydrogen-bond acceptors (Lipinski definition) is 7. The van der Waals surface area contributed by atoms with Crippen molar-refractivity contribution in [1.82, 2.24) is 19.9 Å². The highest BCUT2D eigenvalue weighted by molar-refractivity contribution is 6.30. The van der Waals surface area contributed by atoms with E-state index in [4.69, 9.17) is 16.3 Å². The molecule has 7 nitrogen and oxygen atoms in total. The summed E-state index contributed by atoms with van der Waals surface area (Å²) in [6, 6.07) is 13.1. The van der Waals surface area contributed by atoms with Gasteiger partial charge in [0, 0.05) is 28.8 Å². The molecule has 0 amide bonds. The Morgan fingerprint density at radius 3 is 2.46 bits per heavy atom. The van der Waals surface area contributed by atoms with Crippen LogP contribution in [0.15, 0.2) is 54.9 Å². The molecular weight excluding hydrogens is 376 g/mol. The van der Waals surface area contributed by atoms with E-state index in [2.05, 4.69) is 30.6 Å². The first kappa shape index (κ1) is 17.9. The molecule has 4 aromatic rings. The van der Waals surface area contributed by atoms with Crippen molar-refractivity contribution in [2.75, 3.05) is 17.7 Å². The van der Waals surface area contributed by atoms with Crippen molar-refractivity contribution < 1.29 is 4.74 Å². The Balaban J connectivity index is 1.72. The maximum absolute atomic E-state index is 6.06. The normalized spacial score (nSPS) is 10.7. The maximum atomic E-state index is 6.06. The topological polar surface area (TPSA) is 84.9 Å². The number of halogens is 1. The molecule has 0 aliphatic rings. The maximum Gasteiger partial charge on any atom is 0.231 e. The molecule has 0 aliphatic heterocycles. The minimum atomic E-state index is 0.410. The molecule has 140 valence electrons. The predicted octanol–water partition coefficient (Wildman–Crippen LogP) is 4.88. The van der Waals surface area contributed by atoms with E-state index < -0.39 is 0 Å². The van der Waals surface area contributed by atoms with Gasteiger partial charge in [-0.3, -0.25) is 0 Å². The van der Waals surface area contributed by atoms with Crippen molar-refractivity contribution in [3.05, 3.63) is 65.4 Å². The zero-order chi connectivity index (χ0) is 19.5. The summed E-state index contributed by atoms with van der Waals surface area (Å²) in [5.41, 5.74) is 3.77. The number of aryl methyl sites for hydroxylation is 1. The van der Waals surface area contributed by atoms with E-state index in [0.717, 1.165) is 22.7 Å². The van der Waals surface area contributed by atoms with Gasteiger partial charge in [-0.25, -0.2) is 9.97 Å². The van der Waals surface area contributed by atoms with Gasteiger partial charge in [-0.15, -0.1) is 0 Å². The van der Waals surface area contributed by atoms with Gasteiger partial charge in [0.25, 0.3) is 0 Å². The van der Waals surface area contributed by atoms with Crippen LogP contribution < -0.4 is 15.4 Å². The van der Waals surface area contributed by atoms with Crippen molar-refractivity contribution in [3.8, 4) is 5.75 Å². The van der Waals surface area contributed by atoms with Crippen molar-refractivity contribution in [1.29, 1.82) is 0 Å². The molecule has 2 aromatic carbocycles. The molecule has 0 radical (unpaired) electrons. The smallest absolute Gasteiger partial charge is 0.231 e. The van der Waals surface area contributed by atoms with Crippen LogP contribution in [-0.4, -0.2) is 27.0 Å². The number of fused-ring (bicyclic) bond motifs is 1. The fourth-order valence-corrected chi connectivity index (χ4v) is 2.93. The fourth-order valence-electron chi connectivity index (χ4n) is 2.71. The Morgan fingerprint density at radius 2 is 1.71 bits per heavy atom. The number of benzene rings is 2. The molecule has 2 N–H and O–H groups in total. The summed E-state index contributed by atoms with van der Waals surface area (Å²) in [4.78, 5) is 17.8. The molecule has 0 atom stereocenters. The van der Waals surface area contributed by atoms with Gasteiger partial charge in [0.2, 0.25) is 5.95 Å². The third kappa shape index (κ3) is 3.79. The first-order valence-corrected chi connectivity index (χ1v) is 8.93. The second-order valence-electron chi connectivity index (χ2n) is 6.06. The summed E-state index contributed by atoms with van der Waals surface area (Å²) < 4.78 is 5.19. The molecule has 0 aliphatic carbocycles. The Bertz CT molecular complexity index is 1130. The highest BCUT2D eigenvalue weighted by Crippen LogP contribution is 2.27. The molecule has 0 saturated carbocycles. The van der Waals surface area contributed by atoms with Crippen LogP contribution in [-0.2, 0) is 0 Å². The summed E-state index contributed by atoms with van der Waals surface area (Å²) in [6.45, 7) is 1.97. The van der Waals surface area contributed by atoms with Crippen LogP contribution in [0.5, 0.6) is 5.75 Å². The summed E-state index contributed by atoms with van der Waals surface area (Å²) in [7, 11) is 1.63. The molecule has 0 bridgehead atoms. The van der Waals surface area contributed by atoms with Crippen molar-refractivity contribution in [2.45, 2.75) is 6.92 Å². The van der Waals surface area contributed by atoms with E-state index in [0.29, 0.717) is 28.0 Å². The second kappa shape index (κ2) is 7.66. The van der Waals surface area contributed by atoms with E-state index in [1.807, 2.05) is 49.4 Å². The van der Waals surface area contributed by atoms with Gasteiger partial charge in [-0.2, -0.15) is 9.97 Å². The third-order valence-corrected chi connectivity index (χ3v) is 4.36. The highest BCUT2D eigenvalue weighted by atomic mass is 35.5.